The van der Waals surface area contributed by atoms with Gasteiger partial charge in [-0.15, -0.1) is 0 Å². The lowest BCUT2D eigenvalue weighted by atomic mass is 10.0. The predicted molar refractivity (Wildman–Crippen MR) is 140 cm³/mol. The van der Waals surface area contributed by atoms with Crippen molar-refractivity contribution in [1.82, 2.24) is 9.78 Å². The average Bonchev–Trinajstić information content (AvgIpc) is 3.50. The molecule has 0 radical (unpaired) electrons. The molecule has 7 nitrogen and oxygen atoms in total. The summed E-state index contributed by atoms with van der Waals surface area (Å²) in [5, 5.41) is 4.82. The van der Waals surface area contributed by atoms with Gasteiger partial charge >= 0.3 is 5.97 Å². The number of fused-ring (bicyclic) bond motifs is 1. The number of nitrogens with zero attached hydrogens (tertiary/aromatic N) is 2. The lowest BCUT2D eigenvalue weighted by Gasteiger charge is -2.06. The summed E-state index contributed by atoms with van der Waals surface area (Å²) in [6, 6.07) is 22.2. The number of hydrogen-bond donors (Lipinski definition) is 0. The molecule has 0 atom stereocenters. The highest BCUT2D eigenvalue weighted by Gasteiger charge is 2.29. The van der Waals surface area contributed by atoms with Gasteiger partial charge in [-0.25, -0.2) is 9.48 Å². The number of methoxy groups -OCH3 is 1. The fourth-order valence-electron chi connectivity index (χ4n) is 4.05. The molecule has 4 aromatic rings. The van der Waals surface area contributed by atoms with Gasteiger partial charge in [-0.05, 0) is 67.1 Å². The molecule has 0 bridgehead atoms. The summed E-state index contributed by atoms with van der Waals surface area (Å²) < 4.78 is 18.2. The van der Waals surface area contributed by atoms with Crippen molar-refractivity contribution >= 4 is 17.8 Å². The molecule has 1 aromatic heterocycles. The van der Waals surface area contributed by atoms with Gasteiger partial charge in [0.2, 0.25) is 5.78 Å². The summed E-state index contributed by atoms with van der Waals surface area (Å²) in [4.78, 5) is 25.1. The van der Waals surface area contributed by atoms with Crippen molar-refractivity contribution in [3.05, 3.63) is 101 Å². The number of unbranched alkanes of at least 4 members (excludes halogenated alkanes) is 1. The first-order chi connectivity index (χ1) is 18.1. The summed E-state index contributed by atoms with van der Waals surface area (Å²) in [7, 11) is 1.30. The van der Waals surface area contributed by atoms with Gasteiger partial charge in [0.25, 0.3) is 0 Å². The van der Waals surface area contributed by atoms with E-state index in [0.717, 1.165) is 29.8 Å². The summed E-state index contributed by atoms with van der Waals surface area (Å²) in [6.45, 7) is 2.80. The third kappa shape index (κ3) is 5.02. The van der Waals surface area contributed by atoms with E-state index >= 15 is 0 Å². The van der Waals surface area contributed by atoms with Crippen LogP contribution in [0.2, 0.25) is 0 Å². The fourth-order valence-corrected chi connectivity index (χ4v) is 4.05. The van der Waals surface area contributed by atoms with Crippen LogP contribution in [-0.4, -0.2) is 35.2 Å². The van der Waals surface area contributed by atoms with Crippen LogP contribution in [0, 0.1) is 0 Å². The van der Waals surface area contributed by atoms with E-state index in [2.05, 4.69) is 6.92 Å². The second kappa shape index (κ2) is 10.5. The lowest BCUT2D eigenvalue weighted by molar-refractivity contribution is 0.0600. The molecule has 5 rings (SSSR count). The maximum absolute atomic E-state index is 13.2. The SMILES string of the molecule is CCCCOc1ccc(-c2nn(-c3ccccc3)cc2C=C2Oc3ccc(C(=O)OC)cc3C2=O)cc1. The molecule has 1 aliphatic rings. The molecule has 3 aromatic carbocycles. The normalized spacial score (nSPS) is 13.4. The van der Waals surface area contributed by atoms with Crippen molar-refractivity contribution in [2.75, 3.05) is 13.7 Å². The maximum Gasteiger partial charge on any atom is 0.337 e. The highest BCUT2D eigenvalue weighted by molar-refractivity contribution is 6.15. The Bertz CT molecular complexity index is 1470. The van der Waals surface area contributed by atoms with Gasteiger partial charge in [0.05, 0.1) is 30.5 Å². The van der Waals surface area contributed by atoms with Gasteiger partial charge in [0.1, 0.15) is 17.2 Å². The van der Waals surface area contributed by atoms with Crippen molar-refractivity contribution in [1.29, 1.82) is 0 Å². The monoisotopic (exact) mass is 494 g/mol. The van der Waals surface area contributed by atoms with Gasteiger partial charge in [0, 0.05) is 17.3 Å². The average molecular weight is 495 g/mol. The smallest absolute Gasteiger partial charge is 0.337 e. The molecule has 37 heavy (non-hydrogen) atoms. The van der Waals surface area contributed by atoms with E-state index in [9.17, 15) is 9.59 Å². The third-order valence-electron chi connectivity index (χ3n) is 6.03. The minimum Gasteiger partial charge on any atom is -0.494 e. The largest absolute Gasteiger partial charge is 0.494 e. The first kappa shape index (κ1) is 24.1. The van der Waals surface area contributed by atoms with Crippen LogP contribution in [0.5, 0.6) is 11.5 Å². The van der Waals surface area contributed by atoms with E-state index in [0.29, 0.717) is 34.7 Å². The molecule has 1 aliphatic heterocycles. The van der Waals surface area contributed by atoms with Crippen molar-refractivity contribution in [3.63, 3.8) is 0 Å². The quantitative estimate of drug-likeness (QED) is 0.167. The van der Waals surface area contributed by atoms with E-state index in [1.807, 2.05) is 60.8 Å². The summed E-state index contributed by atoms with van der Waals surface area (Å²) in [5.41, 5.74) is 3.78. The maximum atomic E-state index is 13.2. The van der Waals surface area contributed by atoms with E-state index < -0.39 is 5.97 Å². The van der Waals surface area contributed by atoms with Gasteiger partial charge < -0.3 is 14.2 Å². The van der Waals surface area contributed by atoms with E-state index in [-0.39, 0.29) is 11.5 Å². The minimum absolute atomic E-state index is 0.158. The number of hydrogen-bond acceptors (Lipinski definition) is 6. The van der Waals surface area contributed by atoms with E-state index in [1.54, 1.807) is 22.9 Å². The molecule has 0 spiro atoms. The molecule has 2 heterocycles. The van der Waals surface area contributed by atoms with Crippen LogP contribution in [0.25, 0.3) is 23.0 Å². The van der Waals surface area contributed by atoms with Crippen LogP contribution in [0.15, 0.2) is 84.8 Å². The lowest BCUT2D eigenvalue weighted by Crippen LogP contribution is -2.03. The van der Waals surface area contributed by atoms with Crippen molar-refractivity contribution in [3.8, 4) is 28.4 Å². The van der Waals surface area contributed by atoms with Crippen LogP contribution in [-0.2, 0) is 4.74 Å². The van der Waals surface area contributed by atoms with Crippen LogP contribution in [0.1, 0.15) is 46.0 Å². The summed E-state index contributed by atoms with van der Waals surface area (Å²) in [6.07, 6.45) is 5.62. The topological polar surface area (TPSA) is 79.7 Å². The Morgan fingerprint density at radius 2 is 1.84 bits per heavy atom. The number of rotatable bonds is 8. The number of para-hydroxylation sites is 1. The molecule has 0 amide bonds. The van der Waals surface area contributed by atoms with E-state index in [1.165, 1.54) is 13.2 Å². The predicted octanol–water partition coefficient (Wildman–Crippen LogP) is 6.12. The fraction of sp³-hybridized carbons (Fsp3) is 0.167. The standard InChI is InChI=1S/C30H26N2O5/c1-3-4-16-36-24-13-10-20(11-14-24)28-22(19-32(31-28)23-8-6-5-7-9-23)18-27-29(33)25-17-21(30(34)35-2)12-15-26(25)37-27/h5-15,17-19H,3-4,16H2,1-2H3. The highest BCUT2D eigenvalue weighted by atomic mass is 16.5. The van der Waals surface area contributed by atoms with Crippen molar-refractivity contribution in [2.45, 2.75) is 19.8 Å². The van der Waals surface area contributed by atoms with Crippen LogP contribution < -0.4 is 9.47 Å². The Morgan fingerprint density at radius 3 is 2.57 bits per heavy atom. The summed E-state index contributed by atoms with van der Waals surface area (Å²) >= 11 is 0. The number of carbonyl (C=O) groups excluding carboxylic acids is 2. The first-order valence-electron chi connectivity index (χ1n) is 12.1. The van der Waals surface area contributed by atoms with Gasteiger partial charge in [-0.2, -0.15) is 5.10 Å². The van der Waals surface area contributed by atoms with Gasteiger partial charge in [-0.3, -0.25) is 4.79 Å². The number of ether oxygens (including phenoxy) is 3. The molecule has 0 saturated heterocycles. The van der Waals surface area contributed by atoms with Crippen molar-refractivity contribution < 1.29 is 23.8 Å². The molecule has 0 aliphatic carbocycles. The molecule has 0 N–H and O–H groups in total. The Kier molecular flexibility index (Phi) is 6.85. The molecular weight excluding hydrogens is 468 g/mol. The zero-order valence-electron chi connectivity index (χ0n) is 20.6. The van der Waals surface area contributed by atoms with Crippen LogP contribution in [0.4, 0.5) is 0 Å². The highest BCUT2D eigenvalue weighted by Crippen LogP contribution is 2.34. The van der Waals surface area contributed by atoms with Gasteiger partial charge in [-0.1, -0.05) is 31.5 Å². The molecule has 0 fully saturated rings. The number of ketones is 1. The number of carbonyl (C=O) groups is 2. The third-order valence-corrected chi connectivity index (χ3v) is 6.03. The molecular formula is C30H26N2O5. The number of Topliss-reactive ketones (excluding diaryl/α,β-unsaturated/α-hetero) is 1. The van der Waals surface area contributed by atoms with E-state index in [4.69, 9.17) is 19.3 Å². The minimum atomic E-state index is -0.512. The zero-order chi connectivity index (χ0) is 25.8. The zero-order valence-corrected chi connectivity index (χ0v) is 20.6. The first-order valence-corrected chi connectivity index (χ1v) is 12.1. The number of aromatic nitrogens is 2. The Hall–Kier alpha value is -4.65. The Balaban J connectivity index is 1.51. The Labute approximate surface area is 214 Å². The Morgan fingerprint density at radius 1 is 1.05 bits per heavy atom. The van der Waals surface area contributed by atoms with Crippen LogP contribution >= 0.6 is 0 Å². The molecule has 7 heteroatoms. The van der Waals surface area contributed by atoms with Crippen LogP contribution in [0.3, 0.4) is 0 Å². The van der Waals surface area contributed by atoms with Crippen molar-refractivity contribution in [2.24, 2.45) is 0 Å². The molecule has 0 unspecified atom stereocenters. The number of esters is 1. The molecule has 0 saturated carbocycles. The second-order valence-corrected chi connectivity index (χ2v) is 8.58. The molecule has 186 valence electrons. The summed E-state index contributed by atoms with van der Waals surface area (Å²) in [5.74, 6) is 0.533. The van der Waals surface area contributed by atoms with Gasteiger partial charge in [0.15, 0.2) is 5.76 Å². The number of benzene rings is 3. The number of allylic oxidation sites excluding steroid dienone is 1. The second-order valence-electron chi connectivity index (χ2n) is 8.58.